The number of aromatic nitrogens is 4. The lowest BCUT2D eigenvalue weighted by molar-refractivity contribution is 0.964. The van der Waals surface area contributed by atoms with Crippen LogP contribution >= 0.6 is 15.9 Å². The number of aryl methyl sites for hydroxylation is 1. The number of benzene rings is 1. The molecular formula is C19H21BrN6. The first kappa shape index (κ1) is 17.0. The first-order valence-electron chi connectivity index (χ1n) is 8.81. The van der Waals surface area contributed by atoms with Gasteiger partial charge in [0.2, 0.25) is 5.95 Å². The van der Waals surface area contributed by atoms with Gasteiger partial charge in [-0.3, -0.25) is 5.10 Å². The number of anilines is 3. The molecule has 1 fully saturated rings. The first-order chi connectivity index (χ1) is 12.7. The van der Waals surface area contributed by atoms with Gasteiger partial charge in [0.1, 0.15) is 5.82 Å². The predicted octanol–water partition coefficient (Wildman–Crippen LogP) is 4.55. The van der Waals surface area contributed by atoms with Gasteiger partial charge in [-0.05, 0) is 47.7 Å². The zero-order chi connectivity index (χ0) is 17.9. The third-order valence-electron chi connectivity index (χ3n) is 4.37. The molecule has 2 heterocycles. The minimum absolute atomic E-state index is 0.602. The molecule has 26 heavy (non-hydrogen) atoms. The smallest absolute Gasteiger partial charge is 0.224 e. The molecule has 4 rings (SSSR count). The Morgan fingerprint density at radius 2 is 2.15 bits per heavy atom. The van der Waals surface area contributed by atoms with E-state index in [1.807, 2.05) is 0 Å². The molecule has 1 aliphatic rings. The second kappa shape index (κ2) is 7.45. The van der Waals surface area contributed by atoms with Crippen molar-refractivity contribution < 1.29 is 0 Å². The molecule has 134 valence electrons. The van der Waals surface area contributed by atoms with E-state index in [1.54, 1.807) is 6.20 Å². The molecule has 0 bridgehead atoms. The maximum atomic E-state index is 4.56. The number of nitrogens with zero attached hydrogens (tertiary/aromatic N) is 3. The molecule has 0 saturated heterocycles. The summed E-state index contributed by atoms with van der Waals surface area (Å²) in [6.45, 7) is 2.89. The van der Waals surface area contributed by atoms with Crippen molar-refractivity contribution in [3.63, 3.8) is 0 Å². The minimum Gasteiger partial charge on any atom is -0.354 e. The number of hydrogen-bond acceptors (Lipinski definition) is 5. The van der Waals surface area contributed by atoms with Crippen LogP contribution in [0.3, 0.4) is 0 Å². The molecule has 1 aliphatic carbocycles. The van der Waals surface area contributed by atoms with Crippen molar-refractivity contribution in [3.8, 4) is 0 Å². The summed E-state index contributed by atoms with van der Waals surface area (Å²) in [6.07, 6.45) is 5.14. The standard InChI is InChI=1S/C19H21BrN6/c1-12-3-2-4-13(9-12)7-8-21-19-22-11-15(20)18(24-19)23-17-10-16(25-26-17)14-5-6-14/h2-4,9-11,14H,5-8H2,1H3,(H3,21,22,23,24,25,26). The maximum absolute atomic E-state index is 4.56. The Balaban J connectivity index is 1.38. The van der Waals surface area contributed by atoms with E-state index in [0.717, 1.165) is 29.0 Å². The molecule has 0 unspecified atom stereocenters. The van der Waals surface area contributed by atoms with E-state index >= 15 is 0 Å². The fourth-order valence-electron chi connectivity index (χ4n) is 2.84. The topological polar surface area (TPSA) is 78.5 Å². The van der Waals surface area contributed by atoms with Gasteiger partial charge in [-0.1, -0.05) is 29.8 Å². The summed E-state index contributed by atoms with van der Waals surface area (Å²) >= 11 is 3.50. The number of aromatic amines is 1. The van der Waals surface area contributed by atoms with Gasteiger partial charge in [-0.15, -0.1) is 0 Å². The first-order valence-corrected chi connectivity index (χ1v) is 9.61. The van der Waals surface area contributed by atoms with Crippen LogP contribution in [-0.2, 0) is 6.42 Å². The van der Waals surface area contributed by atoms with Crippen molar-refractivity contribution >= 4 is 33.5 Å². The van der Waals surface area contributed by atoms with Crippen LogP contribution in [0.15, 0.2) is 41.0 Å². The average molecular weight is 413 g/mol. The molecule has 7 heteroatoms. The fourth-order valence-corrected chi connectivity index (χ4v) is 3.13. The Kier molecular flexibility index (Phi) is 4.88. The van der Waals surface area contributed by atoms with E-state index < -0.39 is 0 Å². The van der Waals surface area contributed by atoms with Crippen LogP contribution in [0.1, 0.15) is 35.6 Å². The Bertz CT molecular complexity index is 903. The normalized spacial score (nSPS) is 13.6. The molecule has 2 aromatic heterocycles. The monoisotopic (exact) mass is 412 g/mol. The van der Waals surface area contributed by atoms with Crippen molar-refractivity contribution in [2.45, 2.75) is 32.1 Å². The summed E-state index contributed by atoms with van der Waals surface area (Å²) in [7, 11) is 0. The highest BCUT2D eigenvalue weighted by Gasteiger charge is 2.26. The lowest BCUT2D eigenvalue weighted by Gasteiger charge is -2.09. The Morgan fingerprint density at radius 1 is 1.27 bits per heavy atom. The van der Waals surface area contributed by atoms with Crippen molar-refractivity contribution in [1.29, 1.82) is 0 Å². The third kappa shape index (κ3) is 4.22. The van der Waals surface area contributed by atoms with E-state index in [2.05, 4.69) is 84.0 Å². The predicted molar refractivity (Wildman–Crippen MR) is 107 cm³/mol. The zero-order valence-corrected chi connectivity index (χ0v) is 16.2. The molecular weight excluding hydrogens is 392 g/mol. The highest BCUT2D eigenvalue weighted by molar-refractivity contribution is 9.10. The maximum Gasteiger partial charge on any atom is 0.224 e. The highest BCUT2D eigenvalue weighted by atomic mass is 79.9. The van der Waals surface area contributed by atoms with Gasteiger partial charge in [-0.25, -0.2) is 4.98 Å². The summed E-state index contributed by atoms with van der Waals surface area (Å²) < 4.78 is 0.810. The number of H-pyrrole nitrogens is 1. The van der Waals surface area contributed by atoms with Crippen LogP contribution in [0.4, 0.5) is 17.6 Å². The fraction of sp³-hybridized carbons (Fsp3) is 0.316. The molecule has 0 radical (unpaired) electrons. The summed E-state index contributed by atoms with van der Waals surface area (Å²) in [5.74, 6) is 2.78. The zero-order valence-electron chi connectivity index (χ0n) is 14.6. The molecule has 1 saturated carbocycles. The lowest BCUT2D eigenvalue weighted by atomic mass is 10.1. The second-order valence-corrected chi connectivity index (χ2v) is 7.52. The van der Waals surface area contributed by atoms with Crippen LogP contribution < -0.4 is 10.6 Å². The number of hydrogen-bond donors (Lipinski definition) is 3. The molecule has 0 spiro atoms. The lowest BCUT2D eigenvalue weighted by Crippen LogP contribution is -2.09. The summed E-state index contributed by atoms with van der Waals surface area (Å²) in [5, 5.41) is 14.0. The highest BCUT2D eigenvalue weighted by Crippen LogP contribution is 2.39. The van der Waals surface area contributed by atoms with Gasteiger partial charge in [0.05, 0.1) is 10.2 Å². The van der Waals surface area contributed by atoms with Gasteiger partial charge in [0.15, 0.2) is 5.82 Å². The van der Waals surface area contributed by atoms with E-state index in [4.69, 9.17) is 0 Å². The van der Waals surface area contributed by atoms with E-state index in [1.165, 1.54) is 24.0 Å². The quantitative estimate of drug-likeness (QED) is 0.530. The van der Waals surface area contributed by atoms with Crippen molar-refractivity contribution in [1.82, 2.24) is 20.2 Å². The molecule has 1 aromatic carbocycles. The third-order valence-corrected chi connectivity index (χ3v) is 4.95. The van der Waals surface area contributed by atoms with Gasteiger partial charge in [-0.2, -0.15) is 10.1 Å². The van der Waals surface area contributed by atoms with Crippen LogP contribution in [0.5, 0.6) is 0 Å². The number of halogens is 1. The van der Waals surface area contributed by atoms with Crippen LogP contribution in [-0.4, -0.2) is 26.7 Å². The van der Waals surface area contributed by atoms with Gasteiger partial charge in [0.25, 0.3) is 0 Å². The minimum atomic E-state index is 0.602. The second-order valence-electron chi connectivity index (χ2n) is 6.66. The van der Waals surface area contributed by atoms with Gasteiger partial charge >= 0.3 is 0 Å². The largest absolute Gasteiger partial charge is 0.354 e. The summed E-state index contributed by atoms with van der Waals surface area (Å²) in [5.41, 5.74) is 3.70. The number of rotatable bonds is 7. The number of nitrogens with one attached hydrogen (secondary N) is 3. The Morgan fingerprint density at radius 3 is 2.96 bits per heavy atom. The Labute approximate surface area is 161 Å². The van der Waals surface area contributed by atoms with Gasteiger partial charge in [0, 0.05) is 24.7 Å². The SMILES string of the molecule is Cc1cccc(CCNc2ncc(Br)c(Nc3cc(C4CC4)n[nH]3)n2)c1. The van der Waals surface area contributed by atoms with E-state index in [9.17, 15) is 0 Å². The Hall–Kier alpha value is -2.41. The molecule has 6 nitrogen and oxygen atoms in total. The van der Waals surface area contributed by atoms with Crippen molar-refractivity contribution in [2.24, 2.45) is 0 Å². The average Bonchev–Trinajstić information content (AvgIpc) is 3.37. The van der Waals surface area contributed by atoms with Crippen LogP contribution in [0.25, 0.3) is 0 Å². The summed E-state index contributed by atoms with van der Waals surface area (Å²) in [4.78, 5) is 8.90. The van der Waals surface area contributed by atoms with Crippen LogP contribution in [0, 0.1) is 6.92 Å². The summed E-state index contributed by atoms with van der Waals surface area (Å²) in [6, 6.07) is 10.6. The van der Waals surface area contributed by atoms with E-state index in [0.29, 0.717) is 17.7 Å². The molecule has 0 atom stereocenters. The van der Waals surface area contributed by atoms with Crippen molar-refractivity contribution in [2.75, 3.05) is 17.2 Å². The molecule has 0 amide bonds. The van der Waals surface area contributed by atoms with Crippen LogP contribution in [0.2, 0.25) is 0 Å². The molecule has 3 N–H and O–H groups in total. The van der Waals surface area contributed by atoms with E-state index in [-0.39, 0.29) is 0 Å². The van der Waals surface area contributed by atoms with Gasteiger partial charge < -0.3 is 10.6 Å². The molecule has 3 aromatic rings. The van der Waals surface area contributed by atoms with Crippen molar-refractivity contribution in [3.05, 3.63) is 57.8 Å². The molecule has 0 aliphatic heterocycles.